The number of hydrogen-bond donors (Lipinski definition) is 0. The summed E-state index contributed by atoms with van der Waals surface area (Å²) in [4.78, 5) is 17.6. The molecule has 0 radical (unpaired) electrons. The lowest BCUT2D eigenvalue weighted by Crippen LogP contribution is -2.19. The second-order valence-electron chi connectivity index (χ2n) is 4.84. The van der Waals surface area contributed by atoms with Gasteiger partial charge in [-0.1, -0.05) is 18.2 Å². The molecule has 0 bridgehead atoms. The first-order chi connectivity index (χ1) is 10.1. The van der Waals surface area contributed by atoms with Crippen LogP contribution in [0.15, 0.2) is 58.5 Å². The van der Waals surface area contributed by atoms with Crippen molar-refractivity contribution in [1.82, 2.24) is 9.55 Å². The summed E-state index contributed by atoms with van der Waals surface area (Å²) >= 11 is 0. The minimum absolute atomic E-state index is 0.128. The maximum Gasteiger partial charge on any atom is 0.265 e. The summed E-state index contributed by atoms with van der Waals surface area (Å²) in [6.07, 6.45) is 3.14. The van der Waals surface area contributed by atoms with Gasteiger partial charge in [-0.25, -0.2) is 4.98 Å². The van der Waals surface area contributed by atoms with Crippen molar-refractivity contribution < 1.29 is 4.21 Å². The van der Waals surface area contributed by atoms with Gasteiger partial charge in [-0.3, -0.25) is 13.6 Å². The molecule has 0 spiro atoms. The first kappa shape index (κ1) is 13.7. The summed E-state index contributed by atoms with van der Waals surface area (Å²) in [5.41, 5.74) is 2.16. The molecule has 0 saturated heterocycles. The molecule has 1 unspecified atom stereocenters. The van der Waals surface area contributed by atoms with Gasteiger partial charge in [-0.15, -0.1) is 0 Å². The molecule has 21 heavy (non-hydrogen) atoms. The van der Waals surface area contributed by atoms with Crippen molar-refractivity contribution >= 4 is 21.7 Å². The van der Waals surface area contributed by atoms with E-state index in [0.29, 0.717) is 16.6 Å². The zero-order valence-corrected chi connectivity index (χ0v) is 12.6. The molecule has 0 N–H and O–H groups in total. The normalized spacial score (nSPS) is 12.5. The Bertz CT molecular complexity index is 916. The highest BCUT2D eigenvalue weighted by Gasteiger charge is 2.08. The molecule has 5 heteroatoms. The monoisotopic (exact) mass is 298 g/mol. The van der Waals surface area contributed by atoms with E-state index in [-0.39, 0.29) is 5.56 Å². The van der Waals surface area contributed by atoms with Crippen LogP contribution in [0.25, 0.3) is 16.6 Å². The Morgan fingerprint density at radius 1 is 1.14 bits per heavy atom. The molecule has 0 aliphatic heterocycles. The van der Waals surface area contributed by atoms with Crippen LogP contribution in [0.1, 0.15) is 5.56 Å². The van der Waals surface area contributed by atoms with Crippen molar-refractivity contribution in [3.63, 3.8) is 0 Å². The van der Waals surface area contributed by atoms with E-state index in [1.807, 2.05) is 37.3 Å². The number of nitrogens with zero attached hydrogens (tertiary/aromatic N) is 2. The van der Waals surface area contributed by atoms with E-state index in [4.69, 9.17) is 0 Å². The molecule has 1 aromatic heterocycles. The predicted molar refractivity (Wildman–Crippen MR) is 84.4 cm³/mol. The van der Waals surface area contributed by atoms with Crippen molar-refractivity contribution in [1.29, 1.82) is 0 Å². The van der Waals surface area contributed by atoms with E-state index in [1.54, 1.807) is 18.4 Å². The maximum absolute atomic E-state index is 12.5. The van der Waals surface area contributed by atoms with Gasteiger partial charge in [-0.2, -0.15) is 0 Å². The molecule has 3 rings (SSSR count). The number of rotatable bonds is 2. The fraction of sp³-hybridized carbons (Fsp3) is 0.125. The van der Waals surface area contributed by atoms with Crippen LogP contribution in [0.3, 0.4) is 0 Å². The topological polar surface area (TPSA) is 52.0 Å². The summed E-state index contributed by atoms with van der Waals surface area (Å²) in [6, 6.07) is 12.7. The van der Waals surface area contributed by atoms with Crippen molar-refractivity contribution in [2.45, 2.75) is 11.8 Å². The third kappa shape index (κ3) is 2.40. The highest BCUT2D eigenvalue weighted by Crippen LogP contribution is 2.17. The number of benzene rings is 2. The highest BCUT2D eigenvalue weighted by molar-refractivity contribution is 7.84. The van der Waals surface area contributed by atoms with Crippen LogP contribution in [0.2, 0.25) is 0 Å². The van der Waals surface area contributed by atoms with Crippen molar-refractivity contribution in [3.05, 3.63) is 64.7 Å². The summed E-state index contributed by atoms with van der Waals surface area (Å²) in [7, 11) is -1.09. The Hall–Kier alpha value is -2.27. The molecule has 0 aliphatic rings. The van der Waals surface area contributed by atoms with Crippen LogP contribution in [-0.4, -0.2) is 20.0 Å². The van der Waals surface area contributed by atoms with E-state index in [9.17, 15) is 9.00 Å². The van der Waals surface area contributed by atoms with Crippen molar-refractivity contribution in [2.75, 3.05) is 6.26 Å². The highest BCUT2D eigenvalue weighted by atomic mass is 32.2. The molecular formula is C16H14N2O2S. The predicted octanol–water partition coefficient (Wildman–Crippen LogP) is 2.43. The molecule has 0 fully saturated rings. The fourth-order valence-electron chi connectivity index (χ4n) is 2.30. The Morgan fingerprint density at radius 3 is 2.67 bits per heavy atom. The van der Waals surface area contributed by atoms with Gasteiger partial charge in [0.1, 0.15) is 6.33 Å². The lowest BCUT2D eigenvalue weighted by Gasteiger charge is -2.09. The third-order valence-corrected chi connectivity index (χ3v) is 4.48. The van der Waals surface area contributed by atoms with Crippen LogP contribution in [0.4, 0.5) is 0 Å². The lowest BCUT2D eigenvalue weighted by molar-refractivity contribution is 0.686. The summed E-state index contributed by atoms with van der Waals surface area (Å²) in [6.45, 7) is 1.90. The molecule has 1 heterocycles. The van der Waals surface area contributed by atoms with Crippen molar-refractivity contribution in [2.24, 2.45) is 0 Å². The van der Waals surface area contributed by atoms with E-state index < -0.39 is 10.8 Å². The van der Waals surface area contributed by atoms with Gasteiger partial charge in [-0.05, 0) is 36.8 Å². The van der Waals surface area contributed by atoms with Crippen LogP contribution in [0.5, 0.6) is 0 Å². The van der Waals surface area contributed by atoms with Crippen LogP contribution < -0.4 is 5.56 Å². The Balaban J connectivity index is 2.26. The standard InChI is InChI=1S/C16H14N2O2S/c1-11-7-8-12(9-15(11)21(2)20)18-10-17-14-6-4-3-5-13(14)16(18)19/h3-10H,1-2H3. The summed E-state index contributed by atoms with van der Waals surface area (Å²) in [5.74, 6) is 0. The number of hydrogen-bond acceptors (Lipinski definition) is 3. The maximum atomic E-state index is 12.5. The molecular weight excluding hydrogens is 284 g/mol. The molecule has 106 valence electrons. The van der Waals surface area contributed by atoms with Gasteiger partial charge in [0.25, 0.3) is 5.56 Å². The molecule has 0 amide bonds. The lowest BCUT2D eigenvalue weighted by atomic mass is 10.2. The van der Waals surface area contributed by atoms with Crippen molar-refractivity contribution in [3.8, 4) is 5.69 Å². The number of para-hydroxylation sites is 1. The van der Waals surface area contributed by atoms with Gasteiger partial charge in [0.05, 0.1) is 27.4 Å². The second kappa shape index (κ2) is 5.26. The minimum atomic E-state index is -1.09. The molecule has 2 aromatic carbocycles. The molecule has 0 saturated carbocycles. The van der Waals surface area contributed by atoms with E-state index in [2.05, 4.69) is 4.98 Å². The zero-order valence-electron chi connectivity index (χ0n) is 11.7. The largest absolute Gasteiger partial charge is 0.268 e. The molecule has 1 atom stereocenters. The van der Waals surface area contributed by atoms with E-state index >= 15 is 0 Å². The van der Waals surface area contributed by atoms with Gasteiger partial charge in [0.2, 0.25) is 0 Å². The summed E-state index contributed by atoms with van der Waals surface area (Å²) in [5, 5.41) is 0.569. The van der Waals surface area contributed by atoms with Crippen LogP contribution >= 0.6 is 0 Å². The SMILES string of the molecule is Cc1ccc(-n2cnc3ccccc3c2=O)cc1S(C)=O. The first-order valence-electron chi connectivity index (χ1n) is 6.49. The Kier molecular flexibility index (Phi) is 3.43. The average Bonchev–Trinajstić information content (AvgIpc) is 2.48. The smallest absolute Gasteiger partial charge is 0.265 e. The number of aryl methyl sites for hydroxylation is 1. The average molecular weight is 298 g/mol. The number of fused-ring (bicyclic) bond motifs is 1. The van der Waals surface area contributed by atoms with E-state index in [0.717, 1.165) is 10.5 Å². The van der Waals surface area contributed by atoms with Crippen LogP contribution in [-0.2, 0) is 10.8 Å². The zero-order chi connectivity index (χ0) is 15.0. The quantitative estimate of drug-likeness (QED) is 0.730. The van der Waals surface area contributed by atoms with Gasteiger partial charge < -0.3 is 0 Å². The molecule has 3 aromatic rings. The van der Waals surface area contributed by atoms with Gasteiger partial charge in [0, 0.05) is 11.2 Å². The number of aromatic nitrogens is 2. The van der Waals surface area contributed by atoms with Crippen LogP contribution in [0, 0.1) is 6.92 Å². The fourth-order valence-corrected chi connectivity index (χ4v) is 3.11. The Labute approximate surface area is 124 Å². The Morgan fingerprint density at radius 2 is 1.90 bits per heavy atom. The van der Waals surface area contributed by atoms with Gasteiger partial charge >= 0.3 is 0 Å². The van der Waals surface area contributed by atoms with E-state index in [1.165, 1.54) is 10.9 Å². The third-order valence-electron chi connectivity index (χ3n) is 3.43. The van der Waals surface area contributed by atoms with Gasteiger partial charge in [0.15, 0.2) is 0 Å². The first-order valence-corrected chi connectivity index (χ1v) is 8.04. The second-order valence-corrected chi connectivity index (χ2v) is 6.19. The summed E-state index contributed by atoms with van der Waals surface area (Å²) < 4.78 is 13.2. The molecule has 0 aliphatic carbocycles. The minimum Gasteiger partial charge on any atom is -0.268 e. The molecule has 4 nitrogen and oxygen atoms in total.